The SMILES string of the molecule is [N-]=[N+]=NCC(O)C(O)C(=O)C(=O)C[P+](O)(O)O. The number of carbonyl (C=O) groups is 2. The molecule has 0 amide bonds. The molecular weight excluding hydrogens is 257 g/mol. The molecule has 0 saturated heterocycles. The Morgan fingerprint density at radius 1 is 1.29 bits per heavy atom. The number of Topliss-reactive ketones (excluding diaryl/α,β-unsaturated/α-hetero) is 2. The summed E-state index contributed by atoms with van der Waals surface area (Å²) < 4.78 is 0. The minimum atomic E-state index is -4.46. The first-order valence-corrected chi connectivity index (χ1v) is 6.02. The molecule has 0 rings (SSSR count). The Balaban J connectivity index is 4.49. The normalized spacial score (nSPS) is 14.6. The molecule has 0 aliphatic rings. The standard InChI is InChI=1S/C6H11N3O7P/c7-9-8-1-3(10)5(12)6(13)4(11)2-17(14,15)16/h3,5,10,12,14-16H,1-2H2/q+1. The van der Waals surface area contributed by atoms with Crippen LogP contribution in [0.25, 0.3) is 10.4 Å². The van der Waals surface area contributed by atoms with E-state index in [9.17, 15) is 9.59 Å². The van der Waals surface area contributed by atoms with Gasteiger partial charge >= 0.3 is 7.94 Å². The Hall–Kier alpha value is -1.12. The highest BCUT2D eigenvalue weighted by Crippen LogP contribution is 2.44. The average molecular weight is 268 g/mol. The summed E-state index contributed by atoms with van der Waals surface area (Å²) in [6.07, 6.45) is -5.18. The van der Waals surface area contributed by atoms with Gasteiger partial charge in [0.15, 0.2) is 0 Å². The molecule has 17 heavy (non-hydrogen) atoms. The van der Waals surface area contributed by atoms with E-state index in [1.54, 1.807) is 0 Å². The van der Waals surface area contributed by atoms with Crippen molar-refractivity contribution in [1.29, 1.82) is 0 Å². The second-order valence-corrected chi connectivity index (χ2v) is 4.77. The van der Waals surface area contributed by atoms with Crippen LogP contribution in [0.3, 0.4) is 0 Å². The molecule has 11 heteroatoms. The maximum absolute atomic E-state index is 11.1. The van der Waals surface area contributed by atoms with Crippen LogP contribution in [0.1, 0.15) is 0 Å². The Labute approximate surface area is 95.3 Å². The van der Waals surface area contributed by atoms with Crippen molar-refractivity contribution in [3.8, 4) is 0 Å². The third-order valence-corrected chi connectivity index (χ3v) is 2.31. The Morgan fingerprint density at radius 2 is 1.82 bits per heavy atom. The van der Waals surface area contributed by atoms with Gasteiger partial charge < -0.3 is 10.2 Å². The first-order chi connectivity index (χ1) is 7.69. The van der Waals surface area contributed by atoms with E-state index in [-0.39, 0.29) is 0 Å². The zero-order valence-corrected chi connectivity index (χ0v) is 9.30. The van der Waals surface area contributed by atoms with Gasteiger partial charge in [-0.25, -0.2) is 0 Å². The highest BCUT2D eigenvalue weighted by Gasteiger charge is 2.39. The number of rotatable bonds is 7. The quantitative estimate of drug-likeness (QED) is 0.115. The van der Waals surface area contributed by atoms with Gasteiger partial charge in [0.1, 0.15) is 6.10 Å². The lowest BCUT2D eigenvalue weighted by atomic mass is 10.1. The molecule has 0 aromatic carbocycles. The summed E-state index contributed by atoms with van der Waals surface area (Å²) in [7, 11) is -4.46. The number of hydrogen-bond acceptors (Lipinski definition) is 8. The predicted octanol–water partition coefficient (Wildman–Crippen LogP) is -2.10. The van der Waals surface area contributed by atoms with Crippen LogP contribution in [0, 0.1) is 0 Å². The number of azide groups is 1. The molecule has 0 aliphatic carbocycles. The van der Waals surface area contributed by atoms with Crippen molar-refractivity contribution in [2.75, 3.05) is 12.7 Å². The van der Waals surface area contributed by atoms with Gasteiger partial charge in [-0.15, -0.1) is 0 Å². The molecule has 0 saturated carbocycles. The number of carbonyl (C=O) groups excluding carboxylic acids is 2. The van der Waals surface area contributed by atoms with E-state index in [1.165, 1.54) is 0 Å². The van der Waals surface area contributed by atoms with Crippen molar-refractivity contribution in [1.82, 2.24) is 0 Å². The fourth-order valence-electron chi connectivity index (χ4n) is 0.830. The van der Waals surface area contributed by atoms with Crippen LogP contribution in [-0.4, -0.2) is 61.4 Å². The molecule has 5 N–H and O–H groups in total. The van der Waals surface area contributed by atoms with Gasteiger partial charge in [0, 0.05) is 4.91 Å². The van der Waals surface area contributed by atoms with E-state index in [4.69, 9.17) is 30.4 Å². The lowest BCUT2D eigenvalue weighted by Gasteiger charge is -2.13. The van der Waals surface area contributed by atoms with Gasteiger partial charge in [-0.2, -0.15) is 14.7 Å². The zero-order chi connectivity index (χ0) is 13.6. The molecule has 0 bridgehead atoms. The molecule has 0 radical (unpaired) electrons. The first kappa shape index (κ1) is 15.9. The van der Waals surface area contributed by atoms with E-state index in [1.807, 2.05) is 0 Å². The van der Waals surface area contributed by atoms with E-state index < -0.39 is 44.4 Å². The van der Waals surface area contributed by atoms with Gasteiger partial charge in [-0.05, 0) is 5.53 Å². The third kappa shape index (κ3) is 6.25. The van der Waals surface area contributed by atoms with E-state index in [2.05, 4.69) is 10.0 Å². The predicted molar refractivity (Wildman–Crippen MR) is 54.5 cm³/mol. The van der Waals surface area contributed by atoms with Crippen molar-refractivity contribution in [3.05, 3.63) is 10.4 Å². The second-order valence-electron chi connectivity index (χ2n) is 3.06. The largest absolute Gasteiger partial charge is 0.411 e. The molecule has 0 aliphatic heterocycles. The van der Waals surface area contributed by atoms with Crippen molar-refractivity contribution < 1.29 is 34.5 Å². The summed E-state index contributed by atoms with van der Waals surface area (Å²) in [6, 6.07) is 0. The summed E-state index contributed by atoms with van der Waals surface area (Å²) in [4.78, 5) is 50.0. The molecule has 10 nitrogen and oxygen atoms in total. The van der Waals surface area contributed by atoms with E-state index >= 15 is 0 Å². The highest BCUT2D eigenvalue weighted by atomic mass is 31.2. The molecular formula is C6H11N3O7P+. The van der Waals surface area contributed by atoms with E-state index in [0.717, 1.165) is 0 Å². The van der Waals surface area contributed by atoms with Gasteiger partial charge in [0.2, 0.25) is 17.7 Å². The highest BCUT2D eigenvalue weighted by molar-refractivity contribution is 7.59. The molecule has 0 spiro atoms. The Bertz CT molecular complexity index is 348. The second kappa shape index (κ2) is 6.58. The molecule has 2 unspecified atom stereocenters. The van der Waals surface area contributed by atoms with Gasteiger partial charge in [-0.1, -0.05) is 5.11 Å². The van der Waals surface area contributed by atoms with Crippen molar-refractivity contribution in [3.63, 3.8) is 0 Å². The van der Waals surface area contributed by atoms with Crippen LogP contribution in [-0.2, 0) is 9.59 Å². The van der Waals surface area contributed by atoms with Crippen molar-refractivity contribution >= 4 is 19.5 Å². The molecule has 2 atom stereocenters. The molecule has 96 valence electrons. The van der Waals surface area contributed by atoms with Gasteiger partial charge in [-0.3, -0.25) is 9.59 Å². The van der Waals surface area contributed by atoms with E-state index in [0.29, 0.717) is 0 Å². The Morgan fingerprint density at radius 3 is 2.24 bits per heavy atom. The number of aliphatic hydroxyl groups is 2. The van der Waals surface area contributed by atoms with Crippen LogP contribution >= 0.6 is 7.94 Å². The fraction of sp³-hybridized carbons (Fsp3) is 0.667. The number of ketones is 2. The summed E-state index contributed by atoms with van der Waals surface area (Å²) in [5.74, 6) is -2.95. The topological polar surface area (TPSA) is 184 Å². The molecule has 0 aromatic rings. The molecule has 0 fully saturated rings. The maximum Gasteiger partial charge on any atom is 0.411 e. The van der Waals surface area contributed by atoms with Crippen LogP contribution in [0.4, 0.5) is 0 Å². The van der Waals surface area contributed by atoms with Crippen LogP contribution in [0.2, 0.25) is 0 Å². The van der Waals surface area contributed by atoms with Crippen molar-refractivity contribution in [2.45, 2.75) is 12.2 Å². The fourth-order valence-corrected chi connectivity index (χ4v) is 1.37. The van der Waals surface area contributed by atoms with Crippen LogP contribution in [0.5, 0.6) is 0 Å². The number of aliphatic hydroxyl groups excluding tert-OH is 2. The maximum atomic E-state index is 11.1. The zero-order valence-electron chi connectivity index (χ0n) is 8.41. The number of nitrogens with zero attached hydrogens (tertiary/aromatic N) is 3. The lowest BCUT2D eigenvalue weighted by molar-refractivity contribution is -0.144. The monoisotopic (exact) mass is 268 g/mol. The average Bonchev–Trinajstić information content (AvgIpc) is 2.21. The Kier molecular flexibility index (Phi) is 6.14. The smallest absolute Gasteiger partial charge is 0.390 e. The molecule has 0 heterocycles. The van der Waals surface area contributed by atoms with Crippen molar-refractivity contribution in [2.24, 2.45) is 5.11 Å². The number of hydrogen-bond donors (Lipinski definition) is 5. The molecule has 0 aromatic heterocycles. The van der Waals surface area contributed by atoms with Gasteiger partial charge in [0.05, 0.1) is 12.6 Å². The minimum absolute atomic E-state index is 0.631. The summed E-state index contributed by atoms with van der Waals surface area (Å²) >= 11 is 0. The van der Waals surface area contributed by atoms with Gasteiger partial charge in [0.25, 0.3) is 0 Å². The lowest BCUT2D eigenvalue weighted by Crippen LogP contribution is -2.41. The minimum Gasteiger partial charge on any atom is -0.390 e. The van der Waals surface area contributed by atoms with Crippen LogP contribution < -0.4 is 0 Å². The summed E-state index contributed by atoms with van der Waals surface area (Å²) in [5, 5.41) is 21.1. The third-order valence-electron chi connectivity index (χ3n) is 1.60. The van der Waals surface area contributed by atoms with Crippen LogP contribution in [0.15, 0.2) is 5.11 Å². The first-order valence-electron chi connectivity index (χ1n) is 4.19. The summed E-state index contributed by atoms with van der Waals surface area (Å²) in [6.45, 7) is -0.631. The summed E-state index contributed by atoms with van der Waals surface area (Å²) in [5.41, 5.74) is 7.92.